The van der Waals surface area contributed by atoms with Crippen LogP contribution in [0.25, 0.3) is 31.9 Å². The van der Waals surface area contributed by atoms with Gasteiger partial charge in [0, 0.05) is 16.7 Å². The lowest BCUT2D eigenvalue weighted by Crippen LogP contribution is -2.24. The maximum absolute atomic E-state index is 5.01. The highest BCUT2D eigenvalue weighted by Crippen LogP contribution is 2.55. The predicted molar refractivity (Wildman–Crippen MR) is 185 cm³/mol. The van der Waals surface area contributed by atoms with Crippen LogP contribution in [0.15, 0.2) is 97.1 Å². The highest BCUT2D eigenvalue weighted by molar-refractivity contribution is 7.21. The molecule has 3 heteroatoms. The van der Waals surface area contributed by atoms with Gasteiger partial charge in [0.15, 0.2) is 0 Å². The summed E-state index contributed by atoms with van der Waals surface area (Å²) in [7, 11) is 0. The number of benzene rings is 5. The van der Waals surface area contributed by atoms with Crippen molar-refractivity contribution in [1.29, 1.82) is 0 Å². The minimum absolute atomic E-state index is 0.0550. The van der Waals surface area contributed by atoms with Crippen LogP contribution in [0.1, 0.15) is 60.1 Å². The van der Waals surface area contributed by atoms with Crippen LogP contribution in [0.3, 0.4) is 0 Å². The number of aryl methyl sites for hydroxylation is 4. The van der Waals surface area contributed by atoms with Crippen LogP contribution < -0.4 is 4.90 Å². The summed E-state index contributed by atoms with van der Waals surface area (Å²) in [4.78, 5) is 7.52. The topological polar surface area (TPSA) is 16.1 Å². The second-order valence-corrected chi connectivity index (χ2v) is 13.1. The Hall–Kier alpha value is -4.21. The molecule has 0 saturated carbocycles. The fraction of sp³-hybridized carbons (Fsp3) is 0.225. The second-order valence-electron chi connectivity index (χ2n) is 12.1. The maximum atomic E-state index is 5.01. The van der Waals surface area contributed by atoms with E-state index in [-0.39, 0.29) is 5.41 Å². The molecule has 0 N–H and O–H groups in total. The summed E-state index contributed by atoms with van der Waals surface area (Å²) in [6.07, 6.45) is 2.09. The molecule has 214 valence electrons. The number of para-hydroxylation sites is 3. The Morgan fingerprint density at radius 1 is 0.628 bits per heavy atom. The number of nitrogens with zero attached hydrogens (tertiary/aromatic N) is 2. The largest absolute Gasteiger partial charge is 0.309 e. The minimum Gasteiger partial charge on any atom is -0.309 e. The van der Waals surface area contributed by atoms with Gasteiger partial charge in [-0.25, -0.2) is 4.98 Å². The fourth-order valence-corrected chi connectivity index (χ4v) is 8.41. The van der Waals surface area contributed by atoms with Gasteiger partial charge in [0.25, 0.3) is 0 Å². The van der Waals surface area contributed by atoms with Crippen molar-refractivity contribution in [2.24, 2.45) is 0 Å². The molecule has 6 aromatic rings. The van der Waals surface area contributed by atoms with Crippen LogP contribution in [0.4, 0.5) is 17.1 Å². The zero-order valence-electron chi connectivity index (χ0n) is 26.0. The minimum atomic E-state index is -0.0550. The van der Waals surface area contributed by atoms with Crippen molar-refractivity contribution in [3.05, 3.63) is 130 Å². The standard InChI is InChI=1S/C40H38N2S/c1-7-40(8-2)33-23-29(39-41-35-17-9-10-18-36(35)43-39)19-21-31(33)32-22-20-30(24-34(32)40)42(37-25(3)13-11-14-26(37)4)38-27(5)15-12-16-28(38)6/h9-24H,7-8H2,1-6H3. The Kier molecular flexibility index (Phi) is 6.74. The number of rotatable bonds is 6. The average Bonchev–Trinajstić information content (AvgIpc) is 3.57. The van der Waals surface area contributed by atoms with E-state index in [1.807, 2.05) is 0 Å². The molecule has 0 amide bonds. The summed E-state index contributed by atoms with van der Waals surface area (Å²) >= 11 is 1.78. The first-order valence-electron chi connectivity index (χ1n) is 15.4. The molecular formula is C40H38N2S. The third-order valence-corrected chi connectivity index (χ3v) is 10.8. The lowest BCUT2D eigenvalue weighted by atomic mass is 9.73. The van der Waals surface area contributed by atoms with E-state index in [1.54, 1.807) is 11.3 Å². The van der Waals surface area contributed by atoms with Crippen LogP contribution in [0.2, 0.25) is 0 Å². The molecular weight excluding hydrogens is 541 g/mol. The van der Waals surface area contributed by atoms with E-state index in [2.05, 4.69) is 144 Å². The summed E-state index contributed by atoms with van der Waals surface area (Å²) in [6, 6.07) is 36.0. The molecule has 0 radical (unpaired) electrons. The molecule has 0 atom stereocenters. The van der Waals surface area contributed by atoms with E-state index >= 15 is 0 Å². The zero-order valence-corrected chi connectivity index (χ0v) is 26.8. The van der Waals surface area contributed by atoms with Gasteiger partial charge >= 0.3 is 0 Å². The molecule has 43 heavy (non-hydrogen) atoms. The van der Waals surface area contributed by atoms with Crippen molar-refractivity contribution in [2.75, 3.05) is 4.90 Å². The van der Waals surface area contributed by atoms with Crippen LogP contribution >= 0.6 is 11.3 Å². The van der Waals surface area contributed by atoms with E-state index in [0.29, 0.717) is 0 Å². The lowest BCUT2D eigenvalue weighted by molar-refractivity contribution is 0.490. The summed E-state index contributed by atoms with van der Waals surface area (Å²) in [5.74, 6) is 0. The Balaban J connectivity index is 1.43. The first-order chi connectivity index (χ1) is 20.9. The summed E-state index contributed by atoms with van der Waals surface area (Å²) < 4.78 is 1.24. The van der Waals surface area contributed by atoms with Crippen LogP contribution in [0, 0.1) is 27.7 Å². The van der Waals surface area contributed by atoms with Crippen molar-refractivity contribution in [2.45, 2.75) is 59.8 Å². The Morgan fingerprint density at radius 2 is 1.19 bits per heavy atom. The molecule has 2 nitrogen and oxygen atoms in total. The van der Waals surface area contributed by atoms with Crippen molar-refractivity contribution < 1.29 is 0 Å². The molecule has 1 aromatic heterocycles. The monoisotopic (exact) mass is 578 g/mol. The van der Waals surface area contributed by atoms with Crippen molar-refractivity contribution >= 4 is 38.6 Å². The molecule has 0 saturated heterocycles. The molecule has 7 rings (SSSR count). The number of hydrogen-bond acceptors (Lipinski definition) is 3. The SMILES string of the molecule is CCC1(CC)c2cc(-c3nc4ccccc4s3)ccc2-c2ccc(N(c3c(C)cccc3C)c3c(C)cccc3C)cc21. The molecule has 1 aliphatic rings. The highest BCUT2D eigenvalue weighted by atomic mass is 32.1. The summed E-state index contributed by atoms with van der Waals surface area (Å²) in [6.45, 7) is 13.6. The Morgan fingerprint density at radius 3 is 1.77 bits per heavy atom. The lowest BCUT2D eigenvalue weighted by Gasteiger charge is -2.34. The molecule has 1 heterocycles. The van der Waals surface area contributed by atoms with E-state index in [0.717, 1.165) is 23.4 Å². The van der Waals surface area contributed by atoms with Crippen molar-refractivity contribution in [3.63, 3.8) is 0 Å². The molecule has 1 aliphatic carbocycles. The number of hydrogen-bond donors (Lipinski definition) is 0. The quantitative estimate of drug-likeness (QED) is 0.195. The van der Waals surface area contributed by atoms with Gasteiger partial charge in [0.05, 0.1) is 21.6 Å². The van der Waals surface area contributed by atoms with Crippen LogP contribution in [-0.2, 0) is 5.41 Å². The van der Waals surface area contributed by atoms with Gasteiger partial charge in [0.2, 0.25) is 0 Å². The molecule has 0 aliphatic heterocycles. The van der Waals surface area contributed by atoms with Crippen LogP contribution in [-0.4, -0.2) is 4.98 Å². The summed E-state index contributed by atoms with van der Waals surface area (Å²) in [5, 5.41) is 1.10. The fourth-order valence-electron chi connectivity index (χ4n) is 7.45. The molecule has 5 aromatic carbocycles. The molecule has 0 spiro atoms. The van der Waals surface area contributed by atoms with Gasteiger partial charge in [-0.3, -0.25) is 0 Å². The van der Waals surface area contributed by atoms with E-state index in [1.165, 1.54) is 71.8 Å². The zero-order chi connectivity index (χ0) is 29.9. The number of thiazole rings is 1. The molecule has 0 bridgehead atoms. The molecule has 0 unspecified atom stereocenters. The number of aromatic nitrogens is 1. The predicted octanol–water partition coefficient (Wildman–Crippen LogP) is 11.8. The normalized spacial score (nSPS) is 13.3. The first-order valence-corrected chi connectivity index (χ1v) is 16.3. The average molecular weight is 579 g/mol. The van der Waals surface area contributed by atoms with Crippen molar-refractivity contribution in [1.82, 2.24) is 4.98 Å². The maximum Gasteiger partial charge on any atom is 0.124 e. The van der Waals surface area contributed by atoms with Gasteiger partial charge in [-0.05, 0) is 115 Å². The third-order valence-electron chi connectivity index (χ3n) is 9.68. The first kappa shape index (κ1) is 27.6. The number of anilines is 3. The van der Waals surface area contributed by atoms with Crippen LogP contribution in [0.5, 0.6) is 0 Å². The summed E-state index contributed by atoms with van der Waals surface area (Å²) in [5.41, 5.74) is 16.7. The highest BCUT2D eigenvalue weighted by Gasteiger charge is 2.41. The van der Waals surface area contributed by atoms with Gasteiger partial charge in [-0.15, -0.1) is 11.3 Å². The van der Waals surface area contributed by atoms with E-state index in [4.69, 9.17) is 4.98 Å². The number of fused-ring (bicyclic) bond motifs is 4. The van der Waals surface area contributed by atoms with E-state index in [9.17, 15) is 0 Å². The van der Waals surface area contributed by atoms with Gasteiger partial charge in [-0.1, -0.05) is 80.6 Å². The smallest absolute Gasteiger partial charge is 0.124 e. The second kappa shape index (κ2) is 10.5. The van der Waals surface area contributed by atoms with Gasteiger partial charge in [0.1, 0.15) is 5.01 Å². The third kappa shape index (κ3) is 4.24. The van der Waals surface area contributed by atoms with Gasteiger partial charge in [-0.2, -0.15) is 0 Å². The Bertz CT molecular complexity index is 1880. The van der Waals surface area contributed by atoms with E-state index < -0.39 is 0 Å². The Labute approximate surface area is 259 Å². The van der Waals surface area contributed by atoms with Crippen molar-refractivity contribution in [3.8, 4) is 21.7 Å². The molecule has 0 fully saturated rings. The van der Waals surface area contributed by atoms with Gasteiger partial charge < -0.3 is 4.90 Å².